The maximum Gasteiger partial charge on any atom is 0.340 e. The first-order valence-corrected chi connectivity index (χ1v) is 6.17. The molecule has 0 aliphatic carbocycles. The van der Waals surface area contributed by atoms with Gasteiger partial charge in [-0.2, -0.15) is 0 Å². The van der Waals surface area contributed by atoms with E-state index in [1.165, 1.54) is 7.11 Å². The first-order chi connectivity index (χ1) is 9.08. The molecule has 1 aromatic rings. The first-order valence-electron chi connectivity index (χ1n) is 6.17. The molecule has 1 aliphatic rings. The molecule has 0 radical (unpaired) electrons. The third kappa shape index (κ3) is 2.46. The van der Waals surface area contributed by atoms with Gasteiger partial charge >= 0.3 is 5.97 Å². The van der Waals surface area contributed by atoms with Crippen LogP contribution in [0.5, 0.6) is 0 Å². The van der Waals surface area contributed by atoms with Gasteiger partial charge in [-0.15, -0.1) is 0 Å². The summed E-state index contributed by atoms with van der Waals surface area (Å²) >= 11 is 0. The van der Waals surface area contributed by atoms with Crippen molar-refractivity contribution in [3.05, 3.63) is 29.3 Å². The Morgan fingerprint density at radius 1 is 1.53 bits per heavy atom. The van der Waals surface area contributed by atoms with Crippen molar-refractivity contribution in [2.45, 2.75) is 13.3 Å². The van der Waals surface area contributed by atoms with Crippen LogP contribution in [0.15, 0.2) is 18.2 Å². The number of carbonyl (C=O) groups is 2. The van der Waals surface area contributed by atoms with Gasteiger partial charge in [0.05, 0.1) is 18.4 Å². The minimum absolute atomic E-state index is 0.0262. The maximum atomic E-state index is 12.0. The molecule has 1 amide bonds. The largest absolute Gasteiger partial charge is 0.465 e. The Labute approximate surface area is 111 Å². The average molecular weight is 263 g/mol. The monoisotopic (exact) mass is 263 g/mol. The highest BCUT2D eigenvalue weighted by molar-refractivity contribution is 6.04. The fourth-order valence-corrected chi connectivity index (χ4v) is 2.38. The summed E-state index contributed by atoms with van der Waals surface area (Å²) < 4.78 is 4.78. The Morgan fingerprint density at radius 2 is 2.26 bits per heavy atom. The molecule has 2 rings (SSSR count). The molecule has 0 saturated carbocycles. The van der Waals surface area contributed by atoms with E-state index < -0.39 is 5.97 Å². The predicted molar refractivity (Wildman–Crippen MR) is 70.1 cm³/mol. The normalized spacial score (nSPS) is 18.8. The van der Waals surface area contributed by atoms with Gasteiger partial charge in [-0.3, -0.25) is 4.79 Å². The lowest BCUT2D eigenvalue weighted by molar-refractivity contribution is -0.117. The van der Waals surface area contributed by atoms with Crippen LogP contribution in [0.2, 0.25) is 0 Å². The second kappa shape index (κ2) is 5.40. The number of carbonyl (C=O) groups excluding carboxylic acids is 2. The van der Waals surface area contributed by atoms with Gasteiger partial charge in [0.1, 0.15) is 0 Å². The smallest absolute Gasteiger partial charge is 0.340 e. The minimum atomic E-state index is -0.451. The Balaban J connectivity index is 2.43. The fourth-order valence-electron chi connectivity index (χ4n) is 2.38. The molecule has 0 spiro atoms. The van der Waals surface area contributed by atoms with Crippen LogP contribution >= 0.6 is 0 Å². The zero-order chi connectivity index (χ0) is 14.0. The molecule has 102 valence electrons. The second-order valence-electron chi connectivity index (χ2n) is 4.72. The highest BCUT2D eigenvalue weighted by Crippen LogP contribution is 2.30. The summed E-state index contributed by atoms with van der Waals surface area (Å²) in [4.78, 5) is 25.4. The van der Waals surface area contributed by atoms with Crippen molar-refractivity contribution in [2.75, 3.05) is 25.2 Å². The lowest BCUT2D eigenvalue weighted by Crippen LogP contribution is -2.27. The third-order valence-corrected chi connectivity index (χ3v) is 3.39. The molecule has 1 aliphatic heterocycles. The Hall–Kier alpha value is -1.88. The molecular weight excluding hydrogens is 246 g/mol. The maximum absolute atomic E-state index is 12.0. The van der Waals surface area contributed by atoms with Gasteiger partial charge in [0.2, 0.25) is 5.91 Å². The quantitative estimate of drug-likeness (QED) is 0.830. The summed E-state index contributed by atoms with van der Waals surface area (Å²) in [6, 6.07) is 5.34. The summed E-state index contributed by atoms with van der Waals surface area (Å²) in [6.07, 6.45) is 0.311. The van der Waals surface area contributed by atoms with Crippen molar-refractivity contribution in [3.63, 3.8) is 0 Å². The number of methoxy groups -OCH3 is 1. The number of amides is 1. The van der Waals surface area contributed by atoms with Crippen LogP contribution in [0.4, 0.5) is 5.69 Å². The molecule has 5 heteroatoms. The molecule has 0 aromatic heterocycles. The van der Waals surface area contributed by atoms with Crippen LogP contribution in [-0.4, -0.2) is 37.2 Å². The van der Waals surface area contributed by atoms with Crippen molar-refractivity contribution in [2.24, 2.45) is 5.92 Å². The third-order valence-electron chi connectivity index (χ3n) is 3.39. The number of rotatable bonds is 3. The summed E-state index contributed by atoms with van der Waals surface area (Å²) in [5.74, 6) is -0.596. The second-order valence-corrected chi connectivity index (χ2v) is 4.72. The number of hydrogen-bond donors (Lipinski definition) is 1. The number of hydrogen-bond acceptors (Lipinski definition) is 4. The Bertz CT molecular complexity index is 512. The number of aliphatic hydroxyl groups excluding tert-OH is 1. The summed E-state index contributed by atoms with van der Waals surface area (Å²) in [5.41, 5.74) is 1.74. The zero-order valence-electron chi connectivity index (χ0n) is 11.0. The Kier molecular flexibility index (Phi) is 3.85. The highest BCUT2D eigenvalue weighted by atomic mass is 16.5. The van der Waals surface area contributed by atoms with Gasteiger partial charge < -0.3 is 14.7 Å². The SMILES string of the molecule is COC(=O)c1c(C)cccc1N1CC(CO)CC1=O. The molecule has 1 fully saturated rings. The zero-order valence-corrected chi connectivity index (χ0v) is 11.0. The summed E-state index contributed by atoms with van der Waals surface area (Å²) in [5, 5.41) is 9.16. The first kappa shape index (κ1) is 13.5. The number of aryl methyl sites for hydroxylation is 1. The summed E-state index contributed by atoms with van der Waals surface area (Å²) in [6.45, 7) is 2.21. The van der Waals surface area contributed by atoms with E-state index in [1.54, 1.807) is 30.0 Å². The number of esters is 1. The van der Waals surface area contributed by atoms with Crippen molar-refractivity contribution >= 4 is 17.6 Å². The van der Waals surface area contributed by atoms with Gasteiger partial charge in [-0.1, -0.05) is 12.1 Å². The van der Waals surface area contributed by atoms with E-state index in [2.05, 4.69) is 0 Å². The van der Waals surface area contributed by atoms with Crippen LogP contribution in [0, 0.1) is 12.8 Å². The fraction of sp³-hybridized carbons (Fsp3) is 0.429. The Morgan fingerprint density at radius 3 is 2.84 bits per heavy atom. The van der Waals surface area contributed by atoms with E-state index >= 15 is 0 Å². The number of anilines is 1. The van der Waals surface area contributed by atoms with Gasteiger partial charge in [0.25, 0.3) is 0 Å². The van der Waals surface area contributed by atoms with E-state index in [1.807, 2.05) is 0 Å². The number of nitrogens with zero attached hydrogens (tertiary/aromatic N) is 1. The van der Waals surface area contributed by atoms with Crippen molar-refractivity contribution < 1.29 is 19.4 Å². The van der Waals surface area contributed by atoms with Crippen LogP contribution in [0.3, 0.4) is 0 Å². The molecule has 19 heavy (non-hydrogen) atoms. The van der Waals surface area contributed by atoms with Crippen molar-refractivity contribution in [1.29, 1.82) is 0 Å². The van der Waals surface area contributed by atoms with Crippen LogP contribution in [0.1, 0.15) is 22.3 Å². The summed E-state index contributed by atoms with van der Waals surface area (Å²) in [7, 11) is 1.32. The molecular formula is C14H17NO4. The molecule has 5 nitrogen and oxygen atoms in total. The van der Waals surface area contributed by atoms with Gasteiger partial charge in [-0.25, -0.2) is 4.79 Å². The van der Waals surface area contributed by atoms with Crippen molar-refractivity contribution in [3.8, 4) is 0 Å². The lowest BCUT2D eigenvalue weighted by atomic mass is 10.1. The van der Waals surface area contributed by atoms with Crippen molar-refractivity contribution in [1.82, 2.24) is 0 Å². The van der Waals surface area contributed by atoms with Gasteiger partial charge in [0.15, 0.2) is 0 Å². The minimum Gasteiger partial charge on any atom is -0.465 e. The molecule has 1 saturated heterocycles. The van der Waals surface area contributed by atoms with E-state index in [4.69, 9.17) is 9.84 Å². The number of aliphatic hydroxyl groups is 1. The average Bonchev–Trinajstić information content (AvgIpc) is 2.79. The predicted octanol–water partition coefficient (Wildman–Crippen LogP) is 1.13. The van der Waals surface area contributed by atoms with Crippen LogP contribution in [0.25, 0.3) is 0 Å². The highest BCUT2D eigenvalue weighted by Gasteiger charge is 2.32. The molecule has 1 heterocycles. The number of benzene rings is 1. The molecule has 1 unspecified atom stereocenters. The molecule has 0 bridgehead atoms. The molecule has 1 aromatic carbocycles. The molecule has 1 atom stereocenters. The van der Waals surface area contributed by atoms with E-state index in [9.17, 15) is 9.59 Å². The van der Waals surface area contributed by atoms with Crippen LogP contribution < -0.4 is 4.90 Å². The van der Waals surface area contributed by atoms with E-state index in [0.717, 1.165) is 5.56 Å². The van der Waals surface area contributed by atoms with Gasteiger partial charge in [-0.05, 0) is 18.6 Å². The molecule has 1 N–H and O–H groups in total. The van der Waals surface area contributed by atoms with Gasteiger partial charge in [0, 0.05) is 25.5 Å². The number of ether oxygens (including phenoxy) is 1. The van der Waals surface area contributed by atoms with Crippen LogP contribution in [-0.2, 0) is 9.53 Å². The van der Waals surface area contributed by atoms with E-state index in [0.29, 0.717) is 24.2 Å². The lowest BCUT2D eigenvalue weighted by Gasteiger charge is -2.20. The standard InChI is InChI=1S/C14H17NO4/c1-9-4-3-5-11(13(9)14(18)19-2)15-7-10(8-16)6-12(15)17/h3-5,10,16H,6-8H2,1-2H3. The van der Waals surface area contributed by atoms with E-state index in [-0.39, 0.29) is 18.4 Å². The topological polar surface area (TPSA) is 66.8 Å².